The summed E-state index contributed by atoms with van der Waals surface area (Å²) in [6, 6.07) is 10.4. The predicted octanol–water partition coefficient (Wildman–Crippen LogP) is 5.13. The number of ether oxygens (including phenoxy) is 2. The maximum Gasteiger partial charge on any atom is 0.269 e. The Hall–Kier alpha value is -2.76. The van der Waals surface area contributed by atoms with Crippen LogP contribution in [0.1, 0.15) is 50.7 Å². The summed E-state index contributed by atoms with van der Waals surface area (Å²) in [7, 11) is 3.24. The summed E-state index contributed by atoms with van der Waals surface area (Å²) >= 11 is 0. The molecule has 0 amide bonds. The van der Waals surface area contributed by atoms with E-state index >= 15 is 0 Å². The number of hydrogen-bond acceptors (Lipinski definition) is 5. The van der Waals surface area contributed by atoms with E-state index in [0.717, 1.165) is 22.6 Å². The summed E-state index contributed by atoms with van der Waals surface area (Å²) in [6.07, 6.45) is 0. The van der Waals surface area contributed by atoms with E-state index in [1.165, 1.54) is 6.07 Å². The Bertz CT molecular complexity index is 743. The molecule has 0 spiro atoms. The summed E-state index contributed by atoms with van der Waals surface area (Å²) < 4.78 is 10.3. The van der Waals surface area contributed by atoms with Gasteiger partial charge in [-0.1, -0.05) is 27.7 Å². The number of nitro groups is 1. The normalized spacial score (nSPS) is 10.3. The maximum absolute atomic E-state index is 10.5. The van der Waals surface area contributed by atoms with Gasteiger partial charge in [-0.15, -0.1) is 0 Å². The van der Waals surface area contributed by atoms with E-state index in [2.05, 4.69) is 13.8 Å². The van der Waals surface area contributed by atoms with Crippen LogP contribution < -0.4 is 15.2 Å². The van der Waals surface area contributed by atoms with Crippen molar-refractivity contribution in [1.82, 2.24) is 0 Å². The molecule has 0 unspecified atom stereocenters. The fraction of sp³-hybridized carbons (Fsp3) is 0.400. The highest BCUT2D eigenvalue weighted by Crippen LogP contribution is 2.30. The highest BCUT2D eigenvalue weighted by Gasteiger charge is 2.13. The first kappa shape index (κ1) is 21.3. The lowest BCUT2D eigenvalue weighted by Gasteiger charge is -2.11. The van der Waals surface area contributed by atoms with Crippen LogP contribution in [-0.4, -0.2) is 19.1 Å². The number of benzene rings is 2. The van der Waals surface area contributed by atoms with Gasteiger partial charge in [0.2, 0.25) is 0 Å². The third-order valence-corrected chi connectivity index (χ3v) is 3.92. The Kier molecular flexibility index (Phi) is 7.90. The molecule has 2 aromatic rings. The van der Waals surface area contributed by atoms with Gasteiger partial charge in [-0.2, -0.15) is 0 Å². The van der Waals surface area contributed by atoms with E-state index in [9.17, 15) is 10.1 Å². The minimum atomic E-state index is -0.397. The van der Waals surface area contributed by atoms with E-state index in [1.807, 2.05) is 32.0 Å². The van der Waals surface area contributed by atoms with E-state index in [1.54, 1.807) is 26.4 Å². The molecule has 0 aromatic heterocycles. The van der Waals surface area contributed by atoms with E-state index < -0.39 is 4.92 Å². The zero-order chi connectivity index (χ0) is 19.9. The van der Waals surface area contributed by atoms with Crippen molar-refractivity contribution in [1.29, 1.82) is 0 Å². The standard InChI is InChI=1S/C10H13NO3.C10H15NO/c1-7(2)9-6-8(11(12)13)4-5-10(9)14-3;1-7(2)9-6-8(11)4-5-10(9)12-3/h4-7H,1-3H3;4-7H,11H2,1-3H3. The second-order valence-corrected chi connectivity index (χ2v) is 6.49. The Morgan fingerprint density at radius 3 is 1.77 bits per heavy atom. The molecule has 0 saturated carbocycles. The van der Waals surface area contributed by atoms with Crippen molar-refractivity contribution in [2.75, 3.05) is 20.0 Å². The second-order valence-electron chi connectivity index (χ2n) is 6.49. The van der Waals surface area contributed by atoms with Gasteiger partial charge in [0, 0.05) is 23.4 Å². The first-order chi connectivity index (χ1) is 12.2. The number of rotatable bonds is 5. The van der Waals surface area contributed by atoms with E-state index in [0.29, 0.717) is 11.7 Å². The van der Waals surface area contributed by atoms with Crippen LogP contribution in [0, 0.1) is 10.1 Å². The fourth-order valence-corrected chi connectivity index (χ4v) is 2.49. The van der Waals surface area contributed by atoms with Crippen molar-refractivity contribution in [2.45, 2.75) is 39.5 Å². The van der Waals surface area contributed by atoms with Crippen molar-refractivity contribution >= 4 is 11.4 Å². The molecule has 0 heterocycles. The SMILES string of the molecule is COc1ccc(N)cc1C(C)C.COc1ccc([N+](=O)[O-])cc1C(C)C. The molecule has 26 heavy (non-hydrogen) atoms. The minimum Gasteiger partial charge on any atom is -0.496 e. The molecule has 0 aliphatic rings. The van der Waals surface area contributed by atoms with E-state index in [-0.39, 0.29) is 11.6 Å². The van der Waals surface area contributed by atoms with Crippen LogP contribution in [-0.2, 0) is 0 Å². The maximum atomic E-state index is 10.5. The highest BCUT2D eigenvalue weighted by atomic mass is 16.6. The van der Waals surface area contributed by atoms with Crippen molar-refractivity contribution in [3.05, 3.63) is 57.6 Å². The van der Waals surface area contributed by atoms with Crippen LogP contribution >= 0.6 is 0 Å². The number of nitrogens with two attached hydrogens (primary N) is 1. The van der Waals surface area contributed by atoms with Gasteiger partial charge in [0.25, 0.3) is 5.69 Å². The van der Waals surface area contributed by atoms with Gasteiger partial charge in [-0.25, -0.2) is 0 Å². The predicted molar refractivity (Wildman–Crippen MR) is 105 cm³/mol. The van der Waals surface area contributed by atoms with Gasteiger partial charge in [-0.3, -0.25) is 10.1 Å². The molecule has 0 aliphatic carbocycles. The molecule has 0 fully saturated rings. The molecule has 0 bridgehead atoms. The van der Waals surface area contributed by atoms with Gasteiger partial charge in [0.15, 0.2) is 0 Å². The molecule has 6 heteroatoms. The third kappa shape index (κ3) is 5.65. The number of hydrogen-bond donors (Lipinski definition) is 1. The smallest absolute Gasteiger partial charge is 0.269 e. The quantitative estimate of drug-likeness (QED) is 0.454. The van der Waals surface area contributed by atoms with Crippen molar-refractivity contribution in [3.8, 4) is 11.5 Å². The van der Waals surface area contributed by atoms with Gasteiger partial charge in [0.05, 0.1) is 19.1 Å². The van der Waals surface area contributed by atoms with Crippen LogP contribution in [0.15, 0.2) is 36.4 Å². The zero-order valence-corrected chi connectivity index (χ0v) is 16.3. The Morgan fingerprint density at radius 2 is 1.35 bits per heavy atom. The molecule has 142 valence electrons. The monoisotopic (exact) mass is 360 g/mol. The summed E-state index contributed by atoms with van der Waals surface area (Å²) in [5.41, 5.74) is 8.59. The number of non-ortho nitro benzene ring substituents is 1. The molecule has 0 saturated heterocycles. The fourth-order valence-electron chi connectivity index (χ4n) is 2.49. The summed E-state index contributed by atoms with van der Waals surface area (Å²) in [5, 5.41) is 10.5. The molecule has 0 atom stereocenters. The Morgan fingerprint density at radius 1 is 0.885 bits per heavy atom. The molecule has 2 aromatic carbocycles. The van der Waals surface area contributed by atoms with Gasteiger partial charge < -0.3 is 15.2 Å². The number of nitrogens with zero attached hydrogens (tertiary/aromatic N) is 1. The third-order valence-electron chi connectivity index (χ3n) is 3.92. The zero-order valence-electron chi connectivity index (χ0n) is 16.3. The molecule has 0 aliphatic heterocycles. The minimum absolute atomic E-state index is 0.106. The summed E-state index contributed by atoms with van der Waals surface area (Å²) in [6.45, 7) is 8.19. The van der Waals surface area contributed by atoms with E-state index in [4.69, 9.17) is 15.2 Å². The van der Waals surface area contributed by atoms with Crippen LogP contribution in [0.5, 0.6) is 11.5 Å². The number of methoxy groups -OCH3 is 2. The first-order valence-electron chi connectivity index (χ1n) is 8.46. The van der Waals surface area contributed by atoms with Crippen molar-refractivity contribution in [2.24, 2.45) is 0 Å². The lowest BCUT2D eigenvalue weighted by Crippen LogP contribution is -1.96. The molecule has 6 nitrogen and oxygen atoms in total. The average molecular weight is 360 g/mol. The number of nitro benzene ring substituents is 1. The van der Waals surface area contributed by atoms with Crippen LogP contribution in [0.4, 0.5) is 11.4 Å². The Labute approximate surface area is 155 Å². The van der Waals surface area contributed by atoms with Crippen molar-refractivity contribution < 1.29 is 14.4 Å². The van der Waals surface area contributed by atoms with Crippen LogP contribution in [0.2, 0.25) is 0 Å². The molecule has 0 radical (unpaired) electrons. The average Bonchev–Trinajstić information content (AvgIpc) is 2.61. The lowest BCUT2D eigenvalue weighted by molar-refractivity contribution is -0.384. The molecular formula is C20H28N2O4. The lowest BCUT2D eigenvalue weighted by atomic mass is 10.0. The largest absolute Gasteiger partial charge is 0.496 e. The summed E-state index contributed by atoms with van der Waals surface area (Å²) in [5.74, 6) is 2.28. The van der Waals surface area contributed by atoms with Crippen LogP contribution in [0.3, 0.4) is 0 Å². The topological polar surface area (TPSA) is 87.6 Å². The second kappa shape index (κ2) is 9.65. The number of anilines is 1. The highest BCUT2D eigenvalue weighted by molar-refractivity contribution is 5.49. The molecule has 2 rings (SSSR count). The Balaban J connectivity index is 0.000000263. The van der Waals surface area contributed by atoms with Gasteiger partial charge in [0.1, 0.15) is 11.5 Å². The summed E-state index contributed by atoms with van der Waals surface area (Å²) in [4.78, 5) is 10.1. The van der Waals surface area contributed by atoms with Crippen molar-refractivity contribution in [3.63, 3.8) is 0 Å². The van der Waals surface area contributed by atoms with Gasteiger partial charge >= 0.3 is 0 Å². The van der Waals surface area contributed by atoms with Crippen LogP contribution in [0.25, 0.3) is 0 Å². The first-order valence-corrected chi connectivity index (χ1v) is 8.46. The molecular weight excluding hydrogens is 332 g/mol. The number of nitrogen functional groups attached to an aromatic ring is 1. The molecule has 2 N–H and O–H groups in total. The van der Waals surface area contributed by atoms with Gasteiger partial charge in [-0.05, 0) is 41.7 Å².